The standard InChI is InChI=1S/C2H5O3/c1-2(3,4)5/h3-4H,1H3/q-1. The van der Waals surface area contributed by atoms with E-state index >= 15 is 0 Å². The Kier molecular flexibility index (Phi) is 0.908. The Morgan fingerprint density at radius 2 is 1.60 bits per heavy atom. The van der Waals surface area contributed by atoms with Gasteiger partial charge in [-0.2, -0.15) is 0 Å². The van der Waals surface area contributed by atoms with E-state index in [1.165, 1.54) is 0 Å². The summed E-state index contributed by atoms with van der Waals surface area (Å²) in [7, 11) is 0. The van der Waals surface area contributed by atoms with Crippen LogP contribution in [0.2, 0.25) is 0 Å². The Bertz CT molecular complexity index is 20.4. The van der Waals surface area contributed by atoms with Crippen molar-refractivity contribution in [2.24, 2.45) is 0 Å². The molecule has 0 aromatic carbocycles. The maximum Gasteiger partial charge on any atom is 0.0890 e. The summed E-state index contributed by atoms with van der Waals surface area (Å²) in [4.78, 5) is 0. The van der Waals surface area contributed by atoms with E-state index in [2.05, 4.69) is 0 Å². The second kappa shape index (κ2) is 0.931. The molecular formula is C2H5O3-. The van der Waals surface area contributed by atoms with Crippen LogP contribution in [0.25, 0.3) is 0 Å². The third kappa shape index (κ3) is 952. The second-order valence-corrected chi connectivity index (χ2v) is 0.934. The van der Waals surface area contributed by atoms with Crippen LogP contribution in [0.3, 0.4) is 0 Å². The average molecular weight is 77.1 g/mol. The molecule has 0 spiro atoms. The van der Waals surface area contributed by atoms with Gasteiger partial charge in [0.15, 0.2) is 0 Å². The van der Waals surface area contributed by atoms with Crippen molar-refractivity contribution in [2.75, 3.05) is 0 Å². The van der Waals surface area contributed by atoms with Crippen LogP contribution < -0.4 is 5.11 Å². The molecular weight excluding hydrogens is 72.0 g/mol. The molecule has 32 valence electrons. The van der Waals surface area contributed by atoms with Crippen LogP contribution in [0.1, 0.15) is 6.92 Å². The first-order valence-corrected chi connectivity index (χ1v) is 1.15. The highest BCUT2D eigenvalue weighted by Crippen LogP contribution is 1.75. The van der Waals surface area contributed by atoms with Crippen LogP contribution >= 0.6 is 0 Å². The first-order valence-electron chi connectivity index (χ1n) is 1.15. The Labute approximate surface area is 29.5 Å². The zero-order chi connectivity index (χ0) is 4.50. The van der Waals surface area contributed by atoms with Gasteiger partial charge in [0, 0.05) is 0 Å². The van der Waals surface area contributed by atoms with E-state index in [9.17, 15) is 5.11 Å². The fourth-order valence-corrected chi connectivity index (χ4v) is 0. The first kappa shape index (κ1) is 4.88. The van der Waals surface area contributed by atoms with Gasteiger partial charge in [0.05, 0.1) is 5.97 Å². The molecule has 0 heterocycles. The molecule has 0 unspecified atom stereocenters. The molecule has 0 radical (unpaired) electrons. The van der Waals surface area contributed by atoms with Gasteiger partial charge in [0.25, 0.3) is 0 Å². The number of hydrogen-bond acceptors (Lipinski definition) is 3. The molecule has 0 saturated carbocycles. The van der Waals surface area contributed by atoms with Gasteiger partial charge in [-0.05, 0) is 6.92 Å². The lowest BCUT2D eigenvalue weighted by Crippen LogP contribution is -2.39. The minimum Gasteiger partial charge on any atom is -0.807 e. The molecule has 2 N–H and O–H groups in total. The molecule has 0 rings (SSSR count). The predicted octanol–water partition coefficient (Wildman–Crippen LogP) is -1.99. The van der Waals surface area contributed by atoms with E-state index in [0.29, 0.717) is 0 Å². The minimum atomic E-state index is -2.75. The lowest BCUT2D eigenvalue weighted by Gasteiger charge is -2.19. The highest BCUT2D eigenvalue weighted by Gasteiger charge is 1.88. The fraction of sp³-hybridized carbons (Fsp3) is 1.00. The third-order valence-electron chi connectivity index (χ3n) is 0. The van der Waals surface area contributed by atoms with E-state index in [1.807, 2.05) is 0 Å². The van der Waals surface area contributed by atoms with Crippen molar-refractivity contribution in [3.8, 4) is 0 Å². The zero-order valence-corrected chi connectivity index (χ0v) is 2.80. The van der Waals surface area contributed by atoms with Gasteiger partial charge < -0.3 is 15.3 Å². The quantitative estimate of drug-likeness (QED) is 0.329. The van der Waals surface area contributed by atoms with Gasteiger partial charge in [-0.15, -0.1) is 0 Å². The third-order valence-corrected chi connectivity index (χ3v) is 0. The Hall–Kier alpha value is -0.120. The van der Waals surface area contributed by atoms with E-state index in [-0.39, 0.29) is 0 Å². The van der Waals surface area contributed by atoms with Crippen molar-refractivity contribution in [1.82, 2.24) is 0 Å². The van der Waals surface area contributed by atoms with E-state index in [4.69, 9.17) is 10.2 Å². The summed E-state index contributed by atoms with van der Waals surface area (Å²) in [5.74, 6) is -2.75. The monoisotopic (exact) mass is 77.0 g/mol. The number of hydrogen-bond donors (Lipinski definition) is 2. The van der Waals surface area contributed by atoms with E-state index < -0.39 is 5.97 Å². The molecule has 0 bridgehead atoms. The fourth-order valence-electron chi connectivity index (χ4n) is 0. The molecule has 3 heteroatoms. The molecule has 0 aliphatic carbocycles. The topological polar surface area (TPSA) is 63.5 Å². The van der Waals surface area contributed by atoms with Crippen molar-refractivity contribution in [1.29, 1.82) is 0 Å². The van der Waals surface area contributed by atoms with Crippen molar-refractivity contribution in [3.05, 3.63) is 0 Å². The minimum absolute atomic E-state index is 0.743. The maximum absolute atomic E-state index is 9.22. The van der Waals surface area contributed by atoms with Crippen LogP contribution in [-0.4, -0.2) is 16.2 Å². The average Bonchev–Trinajstić information content (AvgIpc) is 0.722. The maximum atomic E-state index is 9.22. The van der Waals surface area contributed by atoms with Crippen LogP contribution in [0.4, 0.5) is 0 Å². The molecule has 0 aromatic rings. The van der Waals surface area contributed by atoms with Crippen molar-refractivity contribution >= 4 is 0 Å². The van der Waals surface area contributed by atoms with Crippen LogP contribution in [0.5, 0.6) is 0 Å². The Morgan fingerprint density at radius 1 is 1.60 bits per heavy atom. The molecule has 0 aliphatic rings. The van der Waals surface area contributed by atoms with Crippen molar-refractivity contribution < 1.29 is 15.3 Å². The number of rotatable bonds is 0. The van der Waals surface area contributed by atoms with E-state index in [0.717, 1.165) is 6.92 Å². The summed E-state index contributed by atoms with van der Waals surface area (Å²) in [6.07, 6.45) is 0. The lowest BCUT2D eigenvalue weighted by atomic mass is 10.7. The normalized spacial score (nSPS) is 12.0. The smallest absolute Gasteiger partial charge is 0.0890 e. The number of aliphatic hydroxyl groups is 2. The van der Waals surface area contributed by atoms with Crippen LogP contribution in [0, 0.1) is 0 Å². The summed E-state index contributed by atoms with van der Waals surface area (Å²) in [6, 6.07) is 0. The molecule has 0 amide bonds. The van der Waals surface area contributed by atoms with Gasteiger partial charge in [0.2, 0.25) is 0 Å². The molecule has 0 fully saturated rings. The molecule has 0 saturated heterocycles. The SMILES string of the molecule is CC([O-])(O)O. The summed E-state index contributed by atoms with van der Waals surface area (Å²) < 4.78 is 0. The summed E-state index contributed by atoms with van der Waals surface area (Å²) >= 11 is 0. The largest absolute Gasteiger partial charge is 0.807 e. The molecule has 0 aliphatic heterocycles. The summed E-state index contributed by atoms with van der Waals surface area (Å²) in [5.41, 5.74) is 0. The van der Waals surface area contributed by atoms with Crippen molar-refractivity contribution in [3.63, 3.8) is 0 Å². The molecule has 5 heavy (non-hydrogen) atoms. The summed E-state index contributed by atoms with van der Waals surface area (Å²) in [6.45, 7) is 0.743. The zero-order valence-electron chi connectivity index (χ0n) is 2.80. The van der Waals surface area contributed by atoms with Gasteiger partial charge in [0.1, 0.15) is 0 Å². The molecule has 0 atom stereocenters. The Balaban J connectivity index is 3.02. The van der Waals surface area contributed by atoms with Crippen molar-refractivity contribution in [2.45, 2.75) is 12.9 Å². The predicted molar refractivity (Wildman–Crippen MR) is 12.8 cm³/mol. The van der Waals surface area contributed by atoms with E-state index in [1.54, 1.807) is 0 Å². The molecule has 0 aromatic heterocycles. The van der Waals surface area contributed by atoms with Crippen LogP contribution in [0.15, 0.2) is 0 Å². The van der Waals surface area contributed by atoms with Gasteiger partial charge >= 0.3 is 0 Å². The second-order valence-electron chi connectivity index (χ2n) is 0.934. The lowest BCUT2D eigenvalue weighted by molar-refractivity contribution is -0.611. The first-order chi connectivity index (χ1) is 2.00. The summed E-state index contributed by atoms with van der Waals surface area (Å²) in [5, 5.41) is 24.3. The van der Waals surface area contributed by atoms with Crippen LogP contribution in [-0.2, 0) is 0 Å². The molecule has 3 nitrogen and oxygen atoms in total. The van der Waals surface area contributed by atoms with Gasteiger partial charge in [-0.3, -0.25) is 0 Å². The highest BCUT2D eigenvalue weighted by atomic mass is 16.7. The van der Waals surface area contributed by atoms with Gasteiger partial charge in [-0.1, -0.05) is 0 Å². The Morgan fingerprint density at radius 3 is 1.60 bits per heavy atom. The van der Waals surface area contributed by atoms with Gasteiger partial charge in [-0.25, -0.2) is 0 Å². The highest BCUT2D eigenvalue weighted by molar-refractivity contribution is 4.17.